The maximum Gasteiger partial charge on any atom is 0.227 e. The average Bonchev–Trinajstić information content (AvgIpc) is 2.42. The summed E-state index contributed by atoms with van der Waals surface area (Å²) in [6.07, 6.45) is 2.95. The van der Waals surface area contributed by atoms with Crippen molar-refractivity contribution in [3.8, 4) is 0 Å². The first kappa shape index (κ1) is 14.9. The molecule has 0 aromatic heterocycles. The van der Waals surface area contributed by atoms with Crippen molar-refractivity contribution >= 4 is 5.91 Å². The molecule has 1 aliphatic rings. The molecule has 20 heavy (non-hydrogen) atoms. The molecule has 0 spiro atoms. The second-order valence-corrected chi connectivity index (χ2v) is 5.34. The predicted octanol–water partition coefficient (Wildman–Crippen LogP) is 2.09. The molecule has 0 saturated carbocycles. The number of piperidine rings is 1. The van der Waals surface area contributed by atoms with Gasteiger partial charge in [-0.2, -0.15) is 0 Å². The molecule has 0 aliphatic carbocycles. The number of hydrogen-bond acceptors (Lipinski definition) is 2. The van der Waals surface area contributed by atoms with Crippen LogP contribution in [0.3, 0.4) is 0 Å². The van der Waals surface area contributed by atoms with Crippen molar-refractivity contribution in [1.29, 1.82) is 0 Å². The molecule has 3 nitrogen and oxygen atoms in total. The first-order chi connectivity index (χ1) is 9.60. The monoisotopic (exact) mass is 282 g/mol. The van der Waals surface area contributed by atoms with Crippen LogP contribution in [0.25, 0.3) is 0 Å². The smallest absolute Gasteiger partial charge is 0.227 e. The van der Waals surface area contributed by atoms with Crippen LogP contribution < -0.4 is 5.73 Å². The molecule has 1 aromatic carbocycles. The van der Waals surface area contributed by atoms with Gasteiger partial charge in [-0.1, -0.05) is 6.07 Å². The molecule has 0 radical (unpaired) electrons. The Morgan fingerprint density at radius 3 is 2.90 bits per heavy atom. The molecule has 1 atom stereocenters. The summed E-state index contributed by atoms with van der Waals surface area (Å²) in [5.74, 6) is -0.943. The van der Waals surface area contributed by atoms with E-state index >= 15 is 0 Å². The summed E-state index contributed by atoms with van der Waals surface area (Å²) in [6, 6.07) is 3.33. The van der Waals surface area contributed by atoms with Crippen LogP contribution in [0.5, 0.6) is 0 Å². The second kappa shape index (κ2) is 6.79. The van der Waals surface area contributed by atoms with Crippen molar-refractivity contribution in [1.82, 2.24) is 4.90 Å². The molecule has 1 amide bonds. The van der Waals surface area contributed by atoms with Crippen LogP contribution in [0, 0.1) is 17.6 Å². The van der Waals surface area contributed by atoms with Gasteiger partial charge in [0.2, 0.25) is 5.91 Å². The predicted molar refractivity (Wildman–Crippen MR) is 73.0 cm³/mol. The molecule has 110 valence electrons. The van der Waals surface area contributed by atoms with Gasteiger partial charge in [0.1, 0.15) is 11.6 Å². The Bertz CT molecular complexity index is 477. The first-order valence-electron chi connectivity index (χ1n) is 7.02. The van der Waals surface area contributed by atoms with Crippen molar-refractivity contribution in [3.63, 3.8) is 0 Å². The van der Waals surface area contributed by atoms with Crippen LogP contribution in [0.1, 0.15) is 24.8 Å². The van der Waals surface area contributed by atoms with Crippen LogP contribution in [0.4, 0.5) is 8.78 Å². The molecule has 5 heteroatoms. The number of nitrogens with two attached hydrogens (primary N) is 1. The van der Waals surface area contributed by atoms with E-state index in [-0.39, 0.29) is 17.9 Å². The molecule has 2 rings (SSSR count). The van der Waals surface area contributed by atoms with E-state index in [0.717, 1.165) is 25.3 Å². The van der Waals surface area contributed by atoms with Gasteiger partial charge in [0, 0.05) is 19.2 Å². The number of rotatable bonds is 4. The minimum Gasteiger partial charge on any atom is -0.342 e. The fourth-order valence-electron chi connectivity index (χ4n) is 2.70. The zero-order chi connectivity index (χ0) is 14.5. The van der Waals surface area contributed by atoms with E-state index in [4.69, 9.17) is 5.73 Å². The molecule has 1 heterocycles. The lowest BCUT2D eigenvalue weighted by molar-refractivity contribution is -0.132. The zero-order valence-corrected chi connectivity index (χ0v) is 11.4. The van der Waals surface area contributed by atoms with Gasteiger partial charge in [0.05, 0.1) is 6.42 Å². The van der Waals surface area contributed by atoms with Gasteiger partial charge in [-0.3, -0.25) is 4.79 Å². The fourth-order valence-corrected chi connectivity index (χ4v) is 2.70. The number of amides is 1. The van der Waals surface area contributed by atoms with Gasteiger partial charge < -0.3 is 10.6 Å². The average molecular weight is 282 g/mol. The van der Waals surface area contributed by atoms with Gasteiger partial charge in [0.15, 0.2) is 0 Å². The van der Waals surface area contributed by atoms with Crippen LogP contribution >= 0.6 is 0 Å². The Kier molecular flexibility index (Phi) is 5.06. The fraction of sp³-hybridized carbons (Fsp3) is 0.533. The Hall–Kier alpha value is -1.49. The number of halogens is 2. The van der Waals surface area contributed by atoms with Gasteiger partial charge in [0.25, 0.3) is 0 Å². The highest BCUT2D eigenvalue weighted by Crippen LogP contribution is 2.20. The maximum atomic E-state index is 13.5. The van der Waals surface area contributed by atoms with Crippen molar-refractivity contribution < 1.29 is 13.6 Å². The standard InChI is InChI=1S/C15H20F2N2O/c16-13-4-3-12(14(17)9-13)8-15(20)19-7-1-2-11(10-19)5-6-18/h3-4,9,11H,1-2,5-8,10,18H2. The number of likely N-dealkylation sites (tertiary alicyclic amines) is 1. The van der Waals surface area contributed by atoms with Crippen molar-refractivity contribution in [2.45, 2.75) is 25.7 Å². The highest BCUT2D eigenvalue weighted by molar-refractivity contribution is 5.78. The van der Waals surface area contributed by atoms with Crippen molar-refractivity contribution in [2.24, 2.45) is 11.7 Å². The summed E-state index contributed by atoms with van der Waals surface area (Å²) in [7, 11) is 0. The van der Waals surface area contributed by atoms with E-state index in [1.54, 1.807) is 4.90 Å². The summed E-state index contributed by atoms with van der Waals surface area (Å²) in [6.45, 7) is 2.03. The number of carbonyl (C=O) groups is 1. The molecular weight excluding hydrogens is 262 g/mol. The third-order valence-electron chi connectivity index (χ3n) is 3.80. The number of nitrogens with zero attached hydrogens (tertiary/aromatic N) is 1. The molecule has 0 bridgehead atoms. The summed E-state index contributed by atoms with van der Waals surface area (Å²) >= 11 is 0. The second-order valence-electron chi connectivity index (χ2n) is 5.34. The highest BCUT2D eigenvalue weighted by Gasteiger charge is 2.23. The van der Waals surface area contributed by atoms with E-state index in [2.05, 4.69) is 0 Å². The largest absolute Gasteiger partial charge is 0.342 e. The van der Waals surface area contributed by atoms with Crippen LogP contribution in [-0.2, 0) is 11.2 Å². The number of hydrogen-bond donors (Lipinski definition) is 1. The van der Waals surface area contributed by atoms with Gasteiger partial charge in [-0.05, 0) is 43.4 Å². The first-order valence-corrected chi connectivity index (χ1v) is 7.02. The lowest BCUT2D eigenvalue weighted by atomic mass is 9.94. The summed E-state index contributed by atoms with van der Waals surface area (Å²) in [5, 5.41) is 0. The van der Waals surface area contributed by atoms with E-state index in [1.165, 1.54) is 12.1 Å². The SMILES string of the molecule is NCCC1CCCN(C(=O)Cc2ccc(F)cc2F)C1. The van der Waals surface area contributed by atoms with E-state index in [0.29, 0.717) is 25.6 Å². The summed E-state index contributed by atoms with van der Waals surface area (Å²) in [5.41, 5.74) is 5.80. The highest BCUT2D eigenvalue weighted by atomic mass is 19.1. The van der Waals surface area contributed by atoms with Crippen LogP contribution in [-0.4, -0.2) is 30.4 Å². The Balaban J connectivity index is 1.97. The van der Waals surface area contributed by atoms with E-state index in [9.17, 15) is 13.6 Å². The van der Waals surface area contributed by atoms with E-state index < -0.39 is 11.6 Å². The zero-order valence-electron chi connectivity index (χ0n) is 11.4. The molecule has 1 aliphatic heterocycles. The van der Waals surface area contributed by atoms with Gasteiger partial charge in [-0.15, -0.1) is 0 Å². The summed E-state index contributed by atoms with van der Waals surface area (Å²) < 4.78 is 26.4. The maximum absolute atomic E-state index is 13.5. The number of benzene rings is 1. The van der Waals surface area contributed by atoms with Crippen molar-refractivity contribution in [2.75, 3.05) is 19.6 Å². The lowest BCUT2D eigenvalue weighted by Gasteiger charge is -2.32. The van der Waals surface area contributed by atoms with Crippen LogP contribution in [0.2, 0.25) is 0 Å². The molecule has 2 N–H and O–H groups in total. The van der Waals surface area contributed by atoms with E-state index in [1.807, 2.05) is 0 Å². The molecule has 1 saturated heterocycles. The Labute approximate surface area is 117 Å². The minimum atomic E-state index is -0.658. The molecular formula is C15H20F2N2O. The normalized spacial score (nSPS) is 19.1. The Morgan fingerprint density at radius 1 is 1.40 bits per heavy atom. The quantitative estimate of drug-likeness (QED) is 0.919. The summed E-state index contributed by atoms with van der Waals surface area (Å²) in [4.78, 5) is 14.0. The van der Waals surface area contributed by atoms with Crippen molar-refractivity contribution in [3.05, 3.63) is 35.4 Å². The molecule has 1 fully saturated rings. The topological polar surface area (TPSA) is 46.3 Å². The van der Waals surface area contributed by atoms with Gasteiger partial charge in [-0.25, -0.2) is 8.78 Å². The Morgan fingerprint density at radius 2 is 2.20 bits per heavy atom. The van der Waals surface area contributed by atoms with Gasteiger partial charge >= 0.3 is 0 Å². The third-order valence-corrected chi connectivity index (χ3v) is 3.80. The minimum absolute atomic E-state index is 0.0124. The van der Waals surface area contributed by atoms with Crippen LogP contribution in [0.15, 0.2) is 18.2 Å². The molecule has 1 aromatic rings. The number of carbonyl (C=O) groups excluding carboxylic acids is 1. The lowest BCUT2D eigenvalue weighted by Crippen LogP contribution is -2.41. The third kappa shape index (κ3) is 3.76. The molecule has 1 unspecified atom stereocenters.